The van der Waals surface area contributed by atoms with Crippen LogP contribution in [-0.4, -0.2) is 34.4 Å². The van der Waals surface area contributed by atoms with Gasteiger partial charge in [0.15, 0.2) is 0 Å². The SMILES string of the molecule is CC(C)=CCN1C(C)Cn2c(=O)n(CC=C(C)C)c3cc(Cl)cc(c32)S1(=O)=O. The van der Waals surface area contributed by atoms with Gasteiger partial charge < -0.3 is 0 Å². The zero-order chi connectivity index (χ0) is 20.8. The average Bonchev–Trinajstić information content (AvgIpc) is 2.78. The maximum absolute atomic E-state index is 13.5. The number of hydrogen-bond acceptors (Lipinski definition) is 3. The lowest BCUT2D eigenvalue weighted by Crippen LogP contribution is -2.40. The smallest absolute Gasteiger partial charge is 0.289 e. The topological polar surface area (TPSA) is 64.3 Å². The lowest BCUT2D eigenvalue weighted by atomic mass is 10.2. The predicted octanol–water partition coefficient (Wildman–Crippen LogP) is 3.78. The minimum Gasteiger partial charge on any atom is -0.289 e. The maximum Gasteiger partial charge on any atom is 0.329 e. The molecule has 8 heteroatoms. The van der Waals surface area contributed by atoms with Crippen LogP contribution in [0.15, 0.2) is 45.1 Å². The van der Waals surface area contributed by atoms with Crippen LogP contribution >= 0.6 is 11.6 Å². The van der Waals surface area contributed by atoms with Crippen molar-refractivity contribution in [2.75, 3.05) is 6.54 Å². The van der Waals surface area contributed by atoms with Gasteiger partial charge in [0.1, 0.15) is 4.90 Å². The van der Waals surface area contributed by atoms with Crippen LogP contribution in [-0.2, 0) is 23.1 Å². The van der Waals surface area contributed by atoms with Crippen LogP contribution in [0, 0.1) is 0 Å². The summed E-state index contributed by atoms with van der Waals surface area (Å²) in [6.45, 7) is 10.5. The van der Waals surface area contributed by atoms with E-state index in [-0.39, 0.29) is 23.2 Å². The monoisotopic (exact) mass is 423 g/mol. The zero-order valence-corrected chi connectivity index (χ0v) is 18.4. The zero-order valence-electron chi connectivity index (χ0n) is 16.9. The third kappa shape index (κ3) is 3.58. The number of sulfonamides is 1. The molecule has 0 saturated heterocycles. The average molecular weight is 424 g/mol. The highest BCUT2D eigenvalue weighted by Gasteiger charge is 2.36. The molecule has 0 N–H and O–H groups in total. The summed E-state index contributed by atoms with van der Waals surface area (Å²) in [5.41, 5.74) is 2.87. The normalized spacial score (nSPS) is 18.7. The highest BCUT2D eigenvalue weighted by atomic mass is 35.5. The molecule has 1 atom stereocenters. The molecule has 3 rings (SSSR count). The Morgan fingerprint density at radius 3 is 2.36 bits per heavy atom. The van der Waals surface area contributed by atoms with Crippen molar-refractivity contribution in [2.45, 2.75) is 58.6 Å². The van der Waals surface area contributed by atoms with Crippen molar-refractivity contribution in [1.82, 2.24) is 13.4 Å². The molecule has 0 spiro atoms. The van der Waals surface area contributed by atoms with Gasteiger partial charge in [0.2, 0.25) is 10.0 Å². The van der Waals surface area contributed by atoms with Gasteiger partial charge in [0, 0.05) is 30.7 Å². The number of nitrogens with zero attached hydrogens (tertiary/aromatic N) is 3. The number of halogens is 1. The molecule has 0 aliphatic carbocycles. The number of rotatable bonds is 4. The summed E-state index contributed by atoms with van der Waals surface area (Å²) in [6.07, 6.45) is 3.82. The van der Waals surface area contributed by atoms with E-state index in [4.69, 9.17) is 11.6 Å². The minimum absolute atomic E-state index is 0.0922. The summed E-state index contributed by atoms with van der Waals surface area (Å²) in [5, 5.41) is 0.297. The van der Waals surface area contributed by atoms with Crippen molar-refractivity contribution in [1.29, 1.82) is 0 Å². The van der Waals surface area contributed by atoms with Crippen molar-refractivity contribution >= 4 is 32.7 Å². The molecule has 2 aromatic rings. The van der Waals surface area contributed by atoms with Crippen LogP contribution in [0.3, 0.4) is 0 Å². The van der Waals surface area contributed by atoms with Gasteiger partial charge in [0.05, 0.1) is 11.0 Å². The van der Waals surface area contributed by atoms with Gasteiger partial charge in [-0.05, 0) is 46.8 Å². The quantitative estimate of drug-likeness (QED) is 0.703. The van der Waals surface area contributed by atoms with Gasteiger partial charge in [0.25, 0.3) is 0 Å². The maximum atomic E-state index is 13.5. The summed E-state index contributed by atoms with van der Waals surface area (Å²) in [4.78, 5) is 13.2. The number of aromatic nitrogens is 2. The molecule has 1 aromatic heterocycles. The van der Waals surface area contributed by atoms with Crippen molar-refractivity contribution in [3.05, 3.63) is 50.9 Å². The van der Waals surface area contributed by atoms with E-state index in [9.17, 15) is 13.2 Å². The standard InChI is InChI=1S/C20H26ClN3O3S/c1-13(2)6-8-22-17-10-16(21)11-18-19(17)23(20(22)25)12-15(5)24(28(18,26)27)9-7-14(3)4/h6-7,10-11,15H,8-9,12H2,1-5H3. The lowest BCUT2D eigenvalue weighted by Gasteiger charge is -2.25. The van der Waals surface area contributed by atoms with Gasteiger partial charge in [-0.25, -0.2) is 13.2 Å². The van der Waals surface area contributed by atoms with E-state index in [2.05, 4.69) is 0 Å². The van der Waals surface area contributed by atoms with Crippen molar-refractivity contribution in [3.63, 3.8) is 0 Å². The largest absolute Gasteiger partial charge is 0.329 e. The number of allylic oxidation sites excluding steroid dienone is 3. The van der Waals surface area contributed by atoms with Crippen molar-refractivity contribution < 1.29 is 8.42 Å². The Kier molecular flexibility index (Phi) is 5.62. The summed E-state index contributed by atoms with van der Waals surface area (Å²) < 4.78 is 31.6. The van der Waals surface area contributed by atoms with Crippen LogP contribution in [0.2, 0.25) is 5.02 Å². The summed E-state index contributed by atoms with van der Waals surface area (Å²) >= 11 is 6.28. The molecule has 0 fully saturated rings. The van der Waals surface area contributed by atoms with E-state index in [0.29, 0.717) is 29.1 Å². The van der Waals surface area contributed by atoms with Gasteiger partial charge in [-0.1, -0.05) is 34.9 Å². The fraction of sp³-hybridized carbons (Fsp3) is 0.450. The second-order valence-electron chi connectivity index (χ2n) is 7.76. The summed E-state index contributed by atoms with van der Waals surface area (Å²) in [7, 11) is -3.81. The molecular weight excluding hydrogens is 398 g/mol. The molecule has 6 nitrogen and oxygen atoms in total. The molecule has 152 valence electrons. The fourth-order valence-electron chi connectivity index (χ4n) is 3.47. The Morgan fingerprint density at radius 2 is 1.75 bits per heavy atom. The van der Waals surface area contributed by atoms with E-state index in [1.165, 1.54) is 10.4 Å². The molecule has 1 aromatic carbocycles. The molecule has 0 radical (unpaired) electrons. The second kappa shape index (κ2) is 7.54. The Bertz CT molecular complexity index is 1150. The Labute approximate surface area is 170 Å². The van der Waals surface area contributed by atoms with E-state index in [0.717, 1.165) is 11.1 Å². The molecule has 28 heavy (non-hydrogen) atoms. The van der Waals surface area contributed by atoms with Crippen LogP contribution in [0.4, 0.5) is 0 Å². The number of benzene rings is 1. The Morgan fingerprint density at radius 1 is 1.14 bits per heavy atom. The minimum atomic E-state index is -3.81. The fourth-order valence-corrected chi connectivity index (χ4v) is 5.54. The molecule has 0 amide bonds. The van der Waals surface area contributed by atoms with Gasteiger partial charge in [-0.2, -0.15) is 4.31 Å². The van der Waals surface area contributed by atoms with Crippen LogP contribution in [0.5, 0.6) is 0 Å². The summed E-state index contributed by atoms with van der Waals surface area (Å²) in [5.74, 6) is 0. The molecule has 1 unspecified atom stereocenters. The third-order valence-corrected chi connectivity index (χ3v) is 7.14. The Hall–Kier alpha value is -1.83. The summed E-state index contributed by atoms with van der Waals surface area (Å²) in [6, 6.07) is 2.75. The molecule has 1 aliphatic rings. The molecule has 2 heterocycles. The highest BCUT2D eigenvalue weighted by molar-refractivity contribution is 7.89. The van der Waals surface area contributed by atoms with Crippen LogP contribution in [0.1, 0.15) is 34.6 Å². The number of hydrogen-bond donors (Lipinski definition) is 0. The molecule has 0 bridgehead atoms. The van der Waals surface area contributed by atoms with E-state index in [1.54, 1.807) is 15.2 Å². The van der Waals surface area contributed by atoms with E-state index < -0.39 is 10.0 Å². The van der Waals surface area contributed by atoms with Gasteiger partial charge in [-0.15, -0.1) is 0 Å². The van der Waals surface area contributed by atoms with Crippen LogP contribution in [0.25, 0.3) is 11.0 Å². The first-order valence-electron chi connectivity index (χ1n) is 9.25. The third-order valence-electron chi connectivity index (χ3n) is 4.93. The lowest BCUT2D eigenvalue weighted by molar-refractivity contribution is 0.334. The first kappa shape index (κ1) is 20.9. The van der Waals surface area contributed by atoms with E-state index in [1.807, 2.05) is 46.8 Å². The van der Waals surface area contributed by atoms with E-state index >= 15 is 0 Å². The van der Waals surface area contributed by atoms with Crippen LogP contribution < -0.4 is 5.69 Å². The van der Waals surface area contributed by atoms with Gasteiger partial charge >= 0.3 is 5.69 Å². The van der Waals surface area contributed by atoms with Crippen molar-refractivity contribution in [3.8, 4) is 0 Å². The first-order chi connectivity index (χ1) is 13.0. The Balaban J connectivity index is 2.32. The van der Waals surface area contributed by atoms with Gasteiger partial charge in [-0.3, -0.25) is 9.13 Å². The predicted molar refractivity (Wildman–Crippen MR) is 113 cm³/mol. The highest BCUT2D eigenvalue weighted by Crippen LogP contribution is 2.33. The second-order valence-corrected chi connectivity index (χ2v) is 10.1. The number of imidazole rings is 1. The molecular formula is C20H26ClN3O3S. The van der Waals surface area contributed by atoms with Crippen molar-refractivity contribution in [2.24, 2.45) is 0 Å². The first-order valence-corrected chi connectivity index (χ1v) is 11.1. The molecule has 0 saturated carbocycles. The molecule has 1 aliphatic heterocycles.